The van der Waals surface area contributed by atoms with Crippen LogP contribution >= 0.6 is 0 Å². The zero-order valence-electron chi connectivity index (χ0n) is 14.5. The molecule has 0 aliphatic carbocycles. The van der Waals surface area contributed by atoms with Crippen molar-refractivity contribution in [1.82, 2.24) is 10.2 Å². The molecule has 8 heteroatoms. The van der Waals surface area contributed by atoms with Crippen LogP contribution in [0.1, 0.15) is 13.3 Å². The molecule has 0 atom stereocenters. The molecule has 1 aliphatic rings. The maximum atomic E-state index is 11.9. The van der Waals surface area contributed by atoms with Crippen molar-refractivity contribution in [3.05, 3.63) is 24.3 Å². The Morgan fingerprint density at radius 2 is 1.92 bits per heavy atom. The molecule has 1 aliphatic heterocycles. The van der Waals surface area contributed by atoms with Gasteiger partial charge in [-0.15, -0.1) is 0 Å². The maximum absolute atomic E-state index is 11.9. The van der Waals surface area contributed by atoms with E-state index in [1.807, 2.05) is 0 Å². The first-order valence-corrected chi connectivity index (χ1v) is 8.47. The summed E-state index contributed by atoms with van der Waals surface area (Å²) in [5, 5.41) is 5.55. The number of ether oxygens (including phenoxy) is 3. The van der Waals surface area contributed by atoms with Crippen LogP contribution in [0.5, 0.6) is 5.75 Å². The molecule has 0 aromatic heterocycles. The van der Waals surface area contributed by atoms with Gasteiger partial charge in [-0.05, 0) is 44.2 Å². The normalized spacial score (nSPS) is 14.6. The molecule has 1 aromatic carbocycles. The van der Waals surface area contributed by atoms with Gasteiger partial charge in [-0.1, -0.05) is 0 Å². The molecule has 0 saturated carbocycles. The molecule has 1 aromatic rings. The minimum absolute atomic E-state index is 0.254. The number of nitrogens with zero attached hydrogens (tertiary/aromatic N) is 1. The Bertz CT molecular complexity index is 544. The molecule has 2 amide bonds. The average molecular weight is 351 g/mol. The largest absolute Gasteiger partial charge is 0.513 e. The van der Waals surface area contributed by atoms with Crippen molar-refractivity contribution in [2.24, 2.45) is 0 Å². The van der Waals surface area contributed by atoms with Gasteiger partial charge in [0, 0.05) is 25.3 Å². The lowest BCUT2D eigenvalue weighted by Crippen LogP contribution is -2.38. The summed E-state index contributed by atoms with van der Waals surface area (Å²) in [6.45, 7) is 6.97. The van der Waals surface area contributed by atoms with Gasteiger partial charge in [-0.3, -0.25) is 4.90 Å². The second-order valence-corrected chi connectivity index (χ2v) is 5.50. The SMILES string of the molecule is CCOC(=O)Oc1ccc(NC(=O)NCCCN2CCOCC2)cc1. The molecule has 8 nitrogen and oxygen atoms in total. The van der Waals surface area contributed by atoms with Crippen molar-refractivity contribution < 1.29 is 23.8 Å². The predicted molar refractivity (Wildman–Crippen MR) is 93.0 cm³/mol. The number of nitrogens with one attached hydrogen (secondary N) is 2. The molecule has 2 N–H and O–H groups in total. The molecule has 1 heterocycles. The fourth-order valence-electron chi connectivity index (χ4n) is 2.35. The summed E-state index contributed by atoms with van der Waals surface area (Å²) < 4.78 is 14.9. The van der Waals surface area contributed by atoms with E-state index < -0.39 is 6.16 Å². The summed E-state index contributed by atoms with van der Waals surface area (Å²) in [5.41, 5.74) is 0.613. The molecular weight excluding hydrogens is 326 g/mol. The van der Waals surface area contributed by atoms with E-state index in [1.54, 1.807) is 31.2 Å². The molecule has 1 fully saturated rings. The van der Waals surface area contributed by atoms with Crippen LogP contribution in [0.2, 0.25) is 0 Å². The Hall–Kier alpha value is -2.32. The highest BCUT2D eigenvalue weighted by Crippen LogP contribution is 2.16. The van der Waals surface area contributed by atoms with E-state index in [2.05, 4.69) is 20.3 Å². The van der Waals surface area contributed by atoms with E-state index in [9.17, 15) is 9.59 Å². The first-order valence-electron chi connectivity index (χ1n) is 8.47. The number of carbonyl (C=O) groups excluding carboxylic acids is 2. The minimum Gasteiger partial charge on any atom is -0.434 e. The fourth-order valence-corrected chi connectivity index (χ4v) is 2.35. The topological polar surface area (TPSA) is 89.1 Å². The molecule has 0 spiro atoms. The predicted octanol–water partition coefficient (Wildman–Crippen LogP) is 2.07. The van der Waals surface area contributed by atoms with Gasteiger partial charge in [-0.2, -0.15) is 0 Å². The molecule has 25 heavy (non-hydrogen) atoms. The summed E-state index contributed by atoms with van der Waals surface area (Å²) in [6.07, 6.45) is 0.140. The number of hydrogen-bond donors (Lipinski definition) is 2. The molecule has 0 unspecified atom stereocenters. The van der Waals surface area contributed by atoms with Gasteiger partial charge in [-0.25, -0.2) is 9.59 Å². The van der Waals surface area contributed by atoms with E-state index in [0.717, 1.165) is 39.3 Å². The van der Waals surface area contributed by atoms with E-state index in [1.165, 1.54) is 0 Å². The van der Waals surface area contributed by atoms with Crippen LogP contribution in [-0.2, 0) is 9.47 Å². The van der Waals surface area contributed by atoms with E-state index in [0.29, 0.717) is 18.0 Å². The summed E-state index contributed by atoms with van der Waals surface area (Å²) >= 11 is 0. The Morgan fingerprint density at radius 1 is 1.20 bits per heavy atom. The summed E-state index contributed by atoms with van der Waals surface area (Å²) in [5.74, 6) is 0.356. The third-order valence-electron chi connectivity index (χ3n) is 3.62. The smallest absolute Gasteiger partial charge is 0.434 e. The maximum Gasteiger partial charge on any atom is 0.513 e. The number of amides is 2. The highest BCUT2D eigenvalue weighted by molar-refractivity contribution is 5.89. The zero-order valence-corrected chi connectivity index (χ0v) is 14.5. The van der Waals surface area contributed by atoms with Gasteiger partial charge in [0.1, 0.15) is 5.75 Å². The summed E-state index contributed by atoms with van der Waals surface area (Å²) in [4.78, 5) is 25.4. The lowest BCUT2D eigenvalue weighted by atomic mass is 10.3. The number of anilines is 1. The third kappa shape index (κ3) is 7.40. The Morgan fingerprint density at radius 3 is 2.60 bits per heavy atom. The number of morpholine rings is 1. The number of rotatable bonds is 7. The monoisotopic (exact) mass is 351 g/mol. The van der Waals surface area contributed by atoms with Crippen LogP contribution in [0.25, 0.3) is 0 Å². The quantitative estimate of drug-likeness (QED) is 0.444. The first kappa shape index (κ1) is 19.0. The van der Waals surface area contributed by atoms with Crippen LogP contribution in [0, 0.1) is 0 Å². The van der Waals surface area contributed by atoms with Crippen LogP contribution in [-0.4, -0.2) is 63.1 Å². The van der Waals surface area contributed by atoms with Crippen molar-refractivity contribution in [2.45, 2.75) is 13.3 Å². The van der Waals surface area contributed by atoms with Crippen molar-refractivity contribution in [3.8, 4) is 5.75 Å². The molecular formula is C17H25N3O5. The van der Waals surface area contributed by atoms with Crippen LogP contribution in [0.15, 0.2) is 24.3 Å². The number of urea groups is 1. The Balaban J connectivity index is 1.63. The van der Waals surface area contributed by atoms with Crippen LogP contribution < -0.4 is 15.4 Å². The highest BCUT2D eigenvalue weighted by atomic mass is 16.7. The average Bonchev–Trinajstić information content (AvgIpc) is 2.61. The molecule has 0 bridgehead atoms. The fraction of sp³-hybridized carbons (Fsp3) is 0.529. The summed E-state index contributed by atoms with van der Waals surface area (Å²) in [7, 11) is 0. The molecule has 138 valence electrons. The lowest BCUT2D eigenvalue weighted by Gasteiger charge is -2.26. The van der Waals surface area contributed by atoms with E-state index in [4.69, 9.17) is 9.47 Å². The van der Waals surface area contributed by atoms with Crippen molar-refractivity contribution in [3.63, 3.8) is 0 Å². The molecule has 1 saturated heterocycles. The Labute approximate surface area is 147 Å². The van der Waals surface area contributed by atoms with Crippen LogP contribution in [0.4, 0.5) is 15.3 Å². The highest BCUT2D eigenvalue weighted by Gasteiger charge is 2.10. The van der Waals surface area contributed by atoms with Gasteiger partial charge in [0.2, 0.25) is 0 Å². The van der Waals surface area contributed by atoms with Gasteiger partial charge < -0.3 is 24.8 Å². The van der Waals surface area contributed by atoms with Gasteiger partial charge >= 0.3 is 12.2 Å². The van der Waals surface area contributed by atoms with Crippen molar-refractivity contribution in [1.29, 1.82) is 0 Å². The number of hydrogen-bond acceptors (Lipinski definition) is 6. The number of benzene rings is 1. The minimum atomic E-state index is -0.749. The number of carbonyl (C=O) groups is 2. The summed E-state index contributed by atoms with van der Waals surface area (Å²) in [6, 6.07) is 6.22. The van der Waals surface area contributed by atoms with E-state index in [-0.39, 0.29) is 12.6 Å². The first-order chi connectivity index (χ1) is 12.2. The second-order valence-electron chi connectivity index (χ2n) is 5.50. The van der Waals surface area contributed by atoms with Crippen LogP contribution in [0.3, 0.4) is 0 Å². The Kier molecular flexibility index (Phi) is 8.00. The van der Waals surface area contributed by atoms with Crippen molar-refractivity contribution >= 4 is 17.9 Å². The van der Waals surface area contributed by atoms with Gasteiger partial charge in [0.15, 0.2) is 0 Å². The lowest BCUT2D eigenvalue weighted by molar-refractivity contribution is 0.0375. The third-order valence-corrected chi connectivity index (χ3v) is 3.62. The molecule has 0 radical (unpaired) electrons. The van der Waals surface area contributed by atoms with E-state index >= 15 is 0 Å². The van der Waals surface area contributed by atoms with Crippen molar-refractivity contribution in [2.75, 3.05) is 51.3 Å². The standard InChI is InChI=1S/C17H25N3O5/c1-2-24-17(22)25-15-6-4-14(5-7-15)19-16(21)18-8-3-9-20-10-12-23-13-11-20/h4-7H,2-3,8-13H2,1H3,(H2,18,19,21). The van der Waals surface area contributed by atoms with Gasteiger partial charge in [0.05, 0.1) is 19.8 Å². The second kappa shape index (κ2) is 10.5. The zero-order chi connectivity index (χ0) is 17.9. The van der Waals surface area contributed by atoms with Gasteiger partial charge in [0.25, 0.3) is 0 Å². The molecule has 2 rings (SSSR count).